The Morgan fingerprint density at radius 2 is 1.83 bits per heavy atom. The molecule has 0 saturated heterocycles. The van der Waals surface area contributed by atoms with Gasteiger partial charge >= 0.3 is 5.97 Å². The average Bonchev–Trinajstić information content (AvgIpc) is 3.26. The highest BCUT2D eigenvalue weighted by molar-refractivity contribution is 5.94. The smallest absolute Gasteiger partial charge is 0.337 e. The standard InChI is InChI=1S/C28H25N3O4/c1-16-11-21(17(2)31-24-10-6-4-8-20(24)28(33)34)27-22(12-16)25(32)13-26(35-27)30-15-18-14-29-23-9-5-3-7-19(18)23/h3-14,17,29-31H,15H2,1-2H3,(H,33,34). The molecule has 0 amide bonds. The molecule has 0 aliphatic rings. The zero-order valence-corrected chi connectivity index (χ0v) is 19.4. The molecule has 0 aliphatic carbocycles. The minimum absolute atomic E-state index is 0.143. The van der Waals surface area contributed by atoms with Crippen LogP contribution in [0.25, 0.3) is 21.9 Å². The fraction of sp³-hybridized carbons (Fsp3) is 0.143. The van der Waals surface area contributed by atoms with Crippen LogP contribution in [-0.4, -0.2) is 16.1 Å². The first kappa shape index (κ1) is 22.3. The van der Waals surface area contributed by atoms with E-state index < -0.39 is 5.97 Å². The first-order chi connectivity index (χ1) is 16.9. The molecule has 4 N–H and O–H groups in total. The fourth-order valence-electron chi connectivity index (χ4n) is 4.41. The molecule has 2 aromatic heterocycles. The number of benzene rings is 3. The number of rotatable bonds is 7. The van der Waals surface area contributed by atoms with Gasteiger partial charge in [0.15, 0.2) is 11.3 Å². The van der Waals surface area contributed by atoms with Crippen LogP contribution in [0.5, 0.6) is 0 Å². The molecule has 0 saturated carbocycles. The first-order valence-corrected chi connectivity index (χ1v) is 11.4. The number of para-hydroxylation sites is 2. The maximum absolute atomic E-state index is 13.0. The average molecular weight is 468 g/mol. The maximum Gasteiger partial charge on any atom is 0.337 e. The number of hydrogen-bond donors (Lipinski definition) is 4. The number of carboxylic acid groups (broad SMARTS) is 1. The van der Waals surface area contributed by atoms with Gasteiger partial charge < -0.3 is 25.1 Å². The Balaban J connectivity index is 1.50. The number of anilines is 2. The van der Waals surface area contributed by atoms with E-state index in [4.69, 9.17) is 4.42 Å². The Labute approximate surface area is 201 Å². The molecule has 2 heterocycles. The van der Waals surface area contributed by atoms with Crippen molar-refractivity contribution >= 4 is 39.4 Å². The van der Waals surface area contributed by atoms with Crippen LogP contribution in [0, 0.1) is 6.92 Å². The third-order valence-electron chi connectivity index (χ3n) is 6.13. The summed E-state index contributed by atoms with van der Waals surface area (Å²) in [6.07, 6.45) is 1.94. The van der Waals surface area contributed by atoms with Gasteiger partial charge in [-0.1, -0.05) is 36.4 Å². The van der Waals surface area contributed by atoms with E-state index in [1.807, 2.05) is 56.4 Å². The Morgan fingerprint density at radius 3 is 2.66 bits per heavy atom. The van der Waals surface area contributed by atoms with E-state index in [0.717, 1.165) is 27.6 Å². The van der Waals surface area contributed by atoms with Gasteiger partial charge in [0.25, 0.3) is 0 Å². The quantitative estimate of drug-likeness (QED) is 0.232. The summed E-state index contributed by atoms with van der Waals surface area (Å²) < 4.78 is 6.20. The van der Waals surface area contributed by atoms with Gasteiger partial charge in [0.1, 0.15) is 5.58 Å². The van der Waals surface area contributed by atoms with Gasteiger partial charge in [-0.15, -0.1) is 0 Å². The predicted octanol–water partition coefficient (Wildman–Crippen LogP) is 6.07. The molecule has 0 spiro atoms. The molecule has 0 aliphatic heterocycles. The van der Waals surface area contributed by atoms with Crippen LogP contribution in [0.3, 0.4) is 0 Å². The van der Waals surface area contributed by atoms with Gasteiger partial charge in [-0.2, -0.15) is 0 Å². The minimum Gasteiger partial charge on any atom is -0.478 e. The molecule has 0 bridgehead atoms. The van der Waals surface area contributed by atoms with Crippen molar-refractivity contribution in [2.24, 2.45) is 0 Å². The van der Waals surface area contributed by atoms with Crippen LogP contribution in [-0.2, 0) is 6.54 Å². The monoisotopic (exact) mass is 467 g/mol. The largest absolute Gasteiger partial charge is 0.478 e. The summed E-state index contributed by atoms with van der Waals surface area (Å²) in [6, 6.07) is 19.7. The number of aromatic nitrogens is 1. The van der Waals surface area contributed by atoms with E-state index in [1.54, 1.807) is 24.3 Å². The summed E-state index contributed by atoms with van der Waals surface area (Å²) in [5.41, 5.74) is 4.80. The lowest BCUT2D eigenvalue weighted by atomic mass is 10.0. The molecule has 3 aromatic carbocycles. The van der Waals surface area contributed by atoms with Crippen molar-refractivity contribution in [3.05, 3.63) is 105 Å². The third-order valence-corrected chi connectivity index (χ3v) is 6.13. The summed E-state index contributed by atoms with van der Waals surface area (Å²) >= 11 is 0. The summed E-state index contributed by atoms with van der Waals surface area (Å²) in [7, 11) is 0. The van der Waals surface area contributed by atoms with Crippen molar-refractivity contribution in [2.45, 2.75) is 26.4 Å². The van der Waals surface area contributed by atoms with Gasteiger partial charge in [0, 0.05) is 41.0 Å². The predicted molar refractivity (Wildman–Crippen MR) is 138 cm³/mol. The second-order valence-corrected chi connectivity index (χ2v) is 8.64. The number of fused-ring (bicyclic) bond motifs is 2. The summed E-state index contributed by atoms with van der Waals surface area (Å²) in [6.45, 7) is 4.32. The third kappa shape index (κ3) is 4.36. The lowest BCUT2D eigenvalue weighted by Gasteiger charge is -2.19. The van der Waals surface area contributed by atoms with Crippen LogP contribution < -0.4 is 16.1 Å². The number of carboxylic acids is 1. The fourth-order valence-corrected chi connectivity index (χ4v) is 4.41. The van der Waals surface area contributed by atoms with E-state index in [0.29, 0.717) is 29.1 Å². The lowest BCUT2D eigenvalue weighted by molar-refractivity contribution is 0.0698. The van der Waals surface area contributed by atoms with Gasteiger partial charge in [-0.05, 0) is 49.2 Å². The van der Waals surface area contributed by atoms with Gasteiger partial charge in [0.05, 0.1) is 17.0 Å². The van der Waals surface area contributed by atoms with E-state index in [9.17, 15) is 14.7 Å². The number of nitrogens with one attached hydrogen (secondary N) is 3. The molecular formula is C28H25N3O4. The van der Waals surface area contributed by atoms with Crippen molar-refractivity contribution in [3.63, 3.8) is 0 Å². The van der Waals surface area contributed by atoms with Crippen molar-refractivity contribution in [3.8, 4) is 0 Å². The van der Waals surface area contributed by atoms with Crippen molar-refractivity contribution < 1.29 is 14.3 Å². The van der Waals surface area contributed by atoms with E-state index in [1.165, 1.54) is 6.07 Å². The second kappa shape index (κ2) is 9.02. The molecule has 1 atom stereocenters. The molecule has 7 nitrogen and oxygen atoms in total. The highest BCUT2D eigenvalue weighted by atomic mass is 16.4. The van der Waals surface area contributed by atoms with Gasteiger partial charge in [-0.3, -0.25) is 4.79 Å². The Bertz CT molecular complexity index is 1620. The molecule has 0 radical (unpaired) electrons. The molecule has 1 unspecified atom stereocenters. The molecule has 35 heavy (non-hydrogen) atoms. The molecule has 0 fully saturated rings. The zero-order valence-electron chi connectivity index (χ0n) is 19.4. The summed E-state index contributed by atoms with van der Waals surface area (Å²) in [5, 5.41) is 17.6. The van der Waals surface area contributed by atoms with Crippen LogP contribution in [0.2, 0.25) is 0 Å². The number of aromatic carboxylic acids is 1. The van der Waals surface area contributed by atoms with Crippen LogP contribution in [0.4, 0.5) is 11.6 Å². The molecule has 7 heteroatoms. The topological polar surface area (TPSA) is 107 Å². The van der Waals surface area contributed by atoms with Crippen molar-refractivity contribution in [2.75, 3.05) is 10.6 Å². The number of H-pyrrole nitrogens is 1. The minimum atomic E-state index is -1.01. The number of aromatic amines is 1. The van der Waals surface area contributed by atoms with Crippen LogP contribution >= 0.6 is 0 Å². The van der Waals surface area contributed by atoms with Crippen LogP contribution in [0.15, 0.2) is 82.1 Å². The number of hydrogen-bond acceptors (Lipinski definition) is 5. The van der Waals surface area contributed by atoms with Gasteiger partial charge in [-0.25, -0.2) is 4.79 Å². The van der Waals surface area contributed by atoms with Crippen molar-refractivity contribution in [1.82, 2.24) is 4.98 Å². The SMILES string of the molecule is Cc1cc(C(C)Nc2ccccc2C(=O)O)c2oc(NCc3c[nH]c4ccccc34)cc(=O)c2c1. The zero-order chi connectivity index (χ0) is 24.5. The lowest BCUT2D eigenvalue weighted by Crippen LogP contribution is -2.13. The molecule has 176 valence electrons. The Morgan fingerprint density at radius 1 is 1.06 bits per heavy atom. The highest BCUT2D eigenvalue weighted by Gasteiger charge is 2.18. The maximum atomic E-state index is 13.0. The normalized spacial score (nSPS) is 12.1. The molecule has 5 rings (SSSR count). The van der Waals surface area contributed by atoms with Gasteiger partial charge in [0.2, 0.25) is 0 Å². The first-order valence-electron chi connectivity index (χ1n) is 11.4. The second-order valence-electron chi connectivity index (χ2n) is 8.64. The van der Waals surface area contributed by atoms with E-state index >= 15 is 0 Å². The Kier molecular flexibility index (Phi) is 5.74. The summed E-state index contributed by atoms with van der Waals surface area (Å²) in [4.78, 5) is 27.9. The van der Waals surface area contributed by atoms with Crippen molar-refractivity contribution in [1.29, 1.82) is 0 Å². The number of aryl methyl sites for hydroxylation is 1. The van der Waals surface area contributed by atoms with E-state index in [2.05, 4.69) is 15.6 Å². The Hall–Kier alpha value is -4.52. The van der Waals surface area contributed by atoms with E-state index in [-0.39, 0.29) is 17.0 Å². The summed E-state index contributed by atoms with van der Waals surface area (Å²) in [5.74, 6) is -0.638. The highest BCUT2D eigenvalue weighted by Crippen LogP contribution is 2.30. The van der Waals surface area contributed by atoms with Crippen LogP contribution in [0.1, 0.15) is 40.0 Å². The number of carbonyl (C=O) groups is 1. The molecular weight excluding hydrogens is 442 g/mol. The molecule has 5 aromatic rings.